The average Bonchev–Trinajstić information content (AvgIpc) is 2.10. The van der Waals surface area contributed by atoms with Gasteiger partial charge in [-0.3, -0.25) is 4.79 Å². The van der Waals surface area contributed by atoms with Crippen LogP contribution in [0, 0.1) is 0 Å². The lowest BCUT2D eigenvalue weighted by Crippen LogP contribution is -2.42. The predicted molar refractivity (Wildman–Crippen MR) is 46.5 cm³/mol. The van der Waals surface area contributed by atoms with Crippen molar-refractivity contribution in [3.63, 3.8) is 0 Å². The standard InChI is InChI=1S/C7H17N3O2/c1-12-5-2-6(9)7(11)10-4-3-8/h6H,2-5,8-9H2,1H3,(H,10,11). The highest BCUT2D eigenvalue weighted by Gasteiger charge is 2.11. The highest BCUT2D eigenvalue weighted by atomic mass is 16.5. The molecule has 0 aromatic heterocycles. The Bertz CT molecular complexity index is 130. The van der Waals surface area contributed by atoms with E-state index in [1.807, 2.05) is 0 Å². The number of methoxy groups -OCH3 is 1. The van der Waals surface area contributed by atoms with Gasteiger partial charge in [0, 0.05) is 26.8 Å². The Morgan fingerprint density at radius 1 is 1.67 bits per heavy atom. The summed E-state index contributed by atoms with van der Waals surface area (Å²) in [6.07, 6.45) is 0.535. The predicted octanol–water partition coefficient (Wildman–Crippen LogP) is -1.57. The Hall–Kier alpha value is -0.650. The number of nitrogens with one attached hydrogen (secondary N) is 1. The van der Waals surface area contributed by atoms with Crippen LogP contribution in [-0.4, -0.2) is 38.8 Å². The van der Waals surface area contributed by atoms with Crippen molar-refractivity contribution in [2.75, 3.05) is 26.8 Å². The Morgan fingerprint density at radius 2 is 2.33 bits per heavy atom. The molecule has 0 aliphatic rings. The third-order valence-corrected chi connectivity index (χ3v) is 1.41. The minimum Gasteiger partial charge on any atom is -0.385 e. The summed E-state index contributed by atoms with van der Waals surface area (Å²) in [5.41, 5.74) is 10.7. The van der Waals surface area contributed by atoms with E-state index in [1.165, 1.54) is 0 Å². The van der Waals surface area contributed by atoms with Gasteiger partial charge >= 0.3 is 0 Å². The van der Waals surface area contributed by atoms with Gasteiger partial charge in [0.25, 0.3) is 0 Å². The summed E-state index contributed by atoms with van der Waals surface area (Å²) < 4.78 is 4.78. The molecule has 5 nitrogen and oxygen atoms in total. The van der Waals surface area contributed by atoms with Crippen LogP contribution in [0.2, 0.25) is 0 Å². The number of carbonyl (C=O) groups is 1. The van der Waals surface area contributed by atoms with Gasteiger partial charge in [-0.1, -0.05) is 0 Å². The zero-order chi connectivity index (χ0) is 9.40. The molecule has 0 fully saturated rings. The van der Waals surface area contributed by atoms with Crippen molar-refractivity contribution in [2.24, 2.45) is 11.5 Å². The van der Waals surface area contributed by atoms with Crippen LogP contribution in [-0.2, 0) is 9.53 Å². The number of hydrogen-bond donors (Lipinski definition) is 3. The summed E-state index contributed by atoms with van der Waals surface area (Å²) in [4.78, 5) is 11.1. The van der Waals surface area contributed by atoms with Gasteiger partial charge in [0.05, 0.1) is 6.04 Å². The third-order valence-electron chi connectivity index (χ3n) is 1.41. The van der Waals surface area contributed by atoms with E-state index in [0.717, 1.165) is 0 Å². The van der Waals surface area contributed by atoms with Crippen molar-refractivity contribution in [1.82, 2.24) is 5.32 Å². The minimum atomic E-state index is -0.489. The zero-order valence-corrected chi connectivity index (χ0v) is 7.38. The van der Waals surface area contributed by atoms with E-state index in [9.17, 15) is 4.79 Å². The van der Waals surface area contributed by atoms with Crippen LogP contribution in [0.1, 0.15) is 6.42 Å². The third kappa shape index (κ3) is 5.06. The lowest BCUT2D eigenvalue weighted by atomic mass is 10.2. The van der Waals surface area contributed by atoms with E-state index in [2.05, 4.69) is 5.32 Å². The van der Waals surface area contributed by atoms with E-state index < -0.39 is 6.04 Å². The first-order valence-corrected chi connectivity index (χ1v) is 3.94. The van der Waals surface area contributed by atoms with Gasteiger partial charge < -0.3 is 21.5 Å². The Labute approximate surface area is 72.4 Å². The number of nitrogens with two attached hydrogens (primary N) is 2. The van der Waals surface area contributed by atoms with Crippen LogP contribution in [0.3, 0.4) is 0 Å². The molecule has 5 N–H and O–H groups in total. The van der Waals surface area contributed by atoms with Gasteiger partial charge in [-0.2, -0.15) is 0 Å². The van der Waals surface area contributed by atoms with E-state index >= 15 is 0 Å². The first kappa shape index (κ1) is 11.4. The van der Waals surface area contributed by atoms with Crippen LogP contribution >= 0.6 is 0 Å². The fraction of sp³-hybridized carbons (Fsp3) is 0.857. The lowest BCUT2D eigenvalue weighted by Gasteiger charge is -2.10. The van der Waals surface area contributed by atoms with Crippen molar-refractivity contribution >= 4 is 5.91 Å². The molecule has 0 bridgehead atoms. The van der Waals surface area contributed by atoms with Crippen LogP contribution in [0.25, 0.3) is 0 Å². The summed E-state index contributed by atoms with van der Waals surface area (Å²) in [5, 5.41) is 2.60. The quantitative estimate of drug-likeness (QED) is 0.454. The van der Waals surface area contributed by atoms with Crippen molar-refractivity contribution in [1.29, 1.82) is 0 Å². The average molecular weight is 175 g/mol. The Kier molecular flexibility index (Phi) is 6.64. The van der Waals surface area contributed by atoms with Crippen LogP contribution in [0.4, 0.5) is 0 Å². The first-order valence-electron chi connectivity index (χ1n) is 3.94. The monoisotopic (exact) mass is 175 g/mol. The summed E-state index contributed by atoms with van der Waals surface area (Å²) in [7, 11) is 1.57. The molecule has 0 radical (unpaired) electrons. The van der Waals surface area contributed by atoms with E-state index in [4.69, 9.17) is 16.2 Å². The van der Waals surface area contributed by atoms with Gasteiger partial charge in [0.15, 0.2) is 0 Å². The first-order chi connectivity index (χ1) is 5.72. The number of ether oxygens (including phenoxy) is 1. The molecule has 0 aromatic carbocycles. The maximum atomic E-state index is 11.1. The summed E-state index contributed by atoms with van der Waals surface area (Å²) in [5.74, 6) is -0.169. The van der Waals surface area contributed by atoms with Gasteiger partial charge in [0.1, 0.15) is 0 Å². The number of rotatable bonds is 6. The van der Waals surface area contributed by atoms with Crippen LogP contribution in [0.15, 0.2) is 0 Å². The maximum Gasteiger partial charge on any atom is 0.237 e. The van der Waals surface area contributed by atoms with E-state index in [1.54, 1.807) is 7.11 Å². The molecule has 1 atom stereocenters. The number of carbonyl (C=O) groups excluding carboxylic acids is 1. The summed E-state index contributed by atoms with van der Waals surface area (Å²) >= 11 is 0. The molecule has 0 saturated heterocycles. The highest BCUT2D eigenvalue weighted by Crippen LogP contribution is 1.87. The summed E-state index contributed by atoms with van der Waals surface area (Å²) in [6, 6.07) is -0.489. The Balaban J connectivity index is 3.47. The molecule has 5 heteroatoms. The smallest absolute Gasteiger partial charge is 0.237 e. The second-order valence-corrected chi connectivity index (χ2v) is 2.47. The van der Waals surface area contributed by atoms with Crippen molar-refractivity contribution < 1.29 is 9.53 Å². The molecule has 0 spiro atoms. The molecular weight excluding hydrogens is 158 g/mol. The molecule has 0 rings (SSSR count). The molecule has 12 heavy (non-hydrogen) atoms. The fourth-order valence-corrected chi connectivity index (χ4v) is 0.702. The SMILES string of the molecule is COCCC(N)C(=O)NCCN. The second-order valence-electron chi connectivity index (χ2n) is 2.47. The Morgan fingerprint density at radius 3 is 2.83 bits per heavy atom. The van der Waals surface area contributed by atoms with Crippen molar-refractivity contribution in [3.8, 4) is 0 Å². The zero-order valence-electron chi connectivity index (χ0n) is 7.38. The van der Waals surface area contributed by atoms with E-state index in [0.29, 0.717) is 26.1 Å². The van der Waals surface area contributed by atoms with Gasteiger partial charge in [-0.25, -0.2) is 0 Å². The number of amides is 1. The molecule has 1 unspecified atom stereocenters. The fourth-order valence-electron chi connectivity index (χ4n) is 0.702. The molecule has 1 amide bonds. The van der Waals surface area contributed by atoms with Crippen LogP contribution < -0.4 is 16.8 Å². The van der Waals surface area contributed by atoms with Gasteiger partial charge in [-0.05, 0) is 6.42 Å². The van der Waals surface area contributed by atoms with Gasteiger partial charge in [-0.15, -0.1) is 0 Å². The molecule has 0 saturated carbocycles. The molecule has 72 valence electrons. The topological polar surface area (TPSA) is 90.4 Å². The second kappa shape index (κ2) is 7.02. The number of hydrogen-bond acceptors (Lipinski definition) is 4. The molecule has 0 heterocycles. The summed E-state index contributed by atoms with van der Waals surface area (Å²) in [6.45, 7) is 1.40. The normalized spacial score (nSPS) is 12.6. The lowest BCUT2D eigenvalue weighted by molar-refractivity contribution is -0.122. The van der Waals surface area contributed by atoms with E-state index in [-0.39, 0.29) is 5.91 Å². The van der Waals surface area contributed by atoms with Crippen LogP contribution in [0.5, 0.6) is 0 Å². The molecular formula is C7H17N3O2. The molecule has 0 aliphatic heterocycles. The molecule has 0 aliphatic carbocycles. The molecule has 0 aromatic rings. The largest absolute Gasteiger partial charge is 0.385 e. The maximum absolute atomic E-state index is 11.1. The van der Waals surface area contributed by atoms with Crippen molar-refractivity contribution in [3.05, 3.63) is 0 Å². The highest BCUT2D eigenvalue weighted by molar-refractivity contribution is 5.81. The minimum absolute atomic E-state index is 0.169. The van der Waals surface area contributed by atoms with Gasteiger partial charge in [0.2, 0.25) is 5.91 Å². The van der Waals surface area contributed by atoms with Crippen molar-refractivity contribution in [2.45, 2.75) is 12.5 Å².